The molecular formula is C12H15N3. The van der Waals surface area contributed by atoms with E-state index in [2.05, 4.69) is 11.4 Å². The molecule has 0 aliphatic heterocycles. The fraction of sp³-hybridized carbons (Fsp3) is 0.417. The van der Waals surface area contributed by atoms with Crippen LogP contribution >= 0.6 is 0 Å². The Labute approximate surface area is 89.9 Å². The van der Waals surface area contributed by atoms with Crippen LogP contribution in [0.5, 0.6) is 0 Å². The van der Waals surface area contributed by atoms with Gasteiger partial charge in [0, 0.05) is 12.1 Å². The summed E-state index contributed by atoms with van der Waals surface area (Å²) in [4.78, 5) is 0. The van der Waals surface area contributed by atoms with Gasteiger partial charge in [0.1, 0.15) is 6.07 Å². The summed E-state index contributed by atoms with van der Waals surface area (Å²) in [6.07, 6.45) is 2.00. The molecule has 1 saturated carbocycles. The number of hydrogen-bond donors (Lipinski definition) is 2. The topological polar surface area (TPSA) is 61.8 Å². The maximum atomic E-state index is 8.98. The number of nitrogens with zero attached hydrogens (tertiary/aromatic N) is 1. The molecule has 0 atom stereocenters. The lowest BCUT2D eigenvalue weighted by atomic mass is 9.87. The van der Waals surface area contributed by atoms with E-state index in [1.165, 1.54) is 0 Å². The van der Waals surface area contributed by atoms with Crippen molar-refractivity contribution in [1.82, 2.24) is 0 Å². The van der Waals surface area contributed by atoms with Crippen molar-refractivity contribution in [1.29, 1.82) is 5.26 Å². The van der Waals surface area contributed by atoms with Crippen molar-refractivity contribution in [2.45, 2.75) is 31.8 Å². The highest BCUT2D eigenvalue weighted by atomic mass is 15.0. The van der Waals surface area contributed by atoms with Gasteiger partial charge >= 0.3 is 0 Å². The molecule has 0 heterocycles. The molecule has 1 aliphatic carbocycles. The fourth-order valence-corrected chi connectivity index (χ4v) is 1.94. The number of para-hydroxylation sites is 1. The van der Waals surface area contributed by atoms with Gasteiger partial charge in [0.25, 0.3) is 0 Å². The first kappa shape index (κ1) is 10.0. The van der Waals surface area contributed by atoms with Crippen LogP contribution in [-0.2, 0) is 0 Å². The lowest BCUT2D eigenvalue weighted by Gasteiger charge is -2.34. The quantitative estimate of drug-likeness (QED) is 0.766. The van der Waals surface area contributed by atoms with Crippen molar-refractivity contribution in [2.75, 3.05) is 5.32 Å². The van der Waals surface area contributed by atoms with Crippen LogP contribution in [0, 0.1) is 18.3 Å². The maximum Gasteiger partial charge on any atom is 0.101 e. The Hall–Kier alpha value is -1.53. The van der Waals surface area contributed by atoms with Gasteiger partial charge in [-0.05, 0) is 31.4 Å². The number of rotatable bonds is 2. The van der Waals surface area contributed by atoms with Crippen molar-refractivity contribution in [2.24, 2.45) is 5.73 Å². The van der Waals surface area contributed by atoms with E-state index in [-0.39, 0.29) is 0 Å². The zero-order valence-corrected chi connectivity index (χ0v) is 8.83. The van der Waals surface area contributed by atoms with Gasteiger partial charge in [-0.25, -0.2) is 0 Å². The van der Waals surface area contributed by atoms with Crippen molar-refractivity contribution in [3.05, 3.63) is 29.3 Å². The highest BCUT2D eigenvalue weighted by molar-refractivity contribution is 5.62. The maximum absolute atomic E-state index is 8.98. The molecule has 0 bridgehead atoms. The SMILES string of the molecule is Cc1cccc(C#N)c1NC1CC(N)C1. The van der Waals surface area contributed by atoms with Gasteiger partial charge in [-0.15, -0.1) is 0 Å². The van der Waals surface area contributed by atoms with Crippen LogP contribution in [-0.4, -0.2) is 12.1 Å². The Bertz CT molecular complexity index is 400. The van der Waals surface area contributed by atoms with E-state index in [4.69, 9.17) is 11.0 Å². The molecule has 0 radical (unpaired) electrons. The van der Waals surface area contributed by atoms with Gasteiger partial charge in [0.15, 0.2) is 0 Å². The summed E-state index contributed by atoms with van der Waals surface area (Å²) in [7, 11) is 0. The van der Waals surface area contributed by atoms with E-state index in [1.807, 2.05) is 25.1 Å². The summed E-state index contributed by atoms with van der Waals surface area (Å²) in [5, 5.41) is 12.4. The molecule has 0 amide bonds. The van der Waals surface area contributed by atoms with Crippen LogP contribution in [0.2, 0.25) is 0 Å². The molecule has 15 heavy (non-hydrogen) atoms. The van der Waals surface area contributed by atoms with Crippen LogP contribution in [0.4, 0.5) is 5.69 Å². The van der Waals surface area contributed by atoms with E-state index in [0.29, 0.717) is 12.1 Å². The average molecular weight is 201 g/mol. The summed E-state index contributed by atoms with van der Waals surface area (Å²) >= 11 is 0. The second-order valence-corrected chi connectivity index (χ2v) is 4.18. The molecule has 3 N–H and O–H groups in total. The minimum absolute atomic E-state index is 0.331. The molecule has 0 saturated heterocycles. The third kappa shape index (κ3) is 1.95. The second-order valence-electron chi connectivity index (χ2n) is 4.18. The fourth-order valence-electron chi connectivity index (χ4n) is 1.94. The summed E-state index contributed by atoms with van der Waals surface area (Å²) in [5.74, 6) is 0. The Morgan fingerprint density at radius 3 is 2.80 bits per heavy atom. The van der Waals surface area contributed by atoms with Crippen LogP contribution in [0.25, 0.3) is 0 Å². The molecule has 0 unspecified atom stereocenters. The first-order chi connectivity index (χ1) is 7.20. The molecule has 1 aromatic rings. The van der Waals surface area contributed by atoms with Crippen LogP contribution in [0.15, 0.2) is 18.2 Å². The first-order valence-electron chi connectivity index (χ1n) is 5.22. The molecule has 2 rings (SSSR count). The van der Waals surface area contributed by atoms with Crippen LogP contribution in [0.3, 0.4) is 0 Å². The van der Waals surface area contributed by atoms with Crippen molar-refractivity contribution < 1.29 is 0 Å². The third-order valence-corrected chi connectivity index (χ3v) is 2.92. The first-order valence-corrected chi connectivity index (χ1v) is 5.22. The highest BCUT2D eigenvalue weighted by Gasteiger charge is 2.26. The van der Waals surface area contributed by atoms with E-state index < -0.39 is 0 Å². The van der Waals surface area contributed by atoms with Gasteiger partial charge in [-0.2, -0.15) is 5.26 Å². The molecule has 0 spiro atoms. The summed E-state index contributed by atoms with van der Waals surface area (Å²) < 4.78 is 0. The Morgan fingerprint density at radius 1 is 1.47 bits per heavy atom. The highest BCUT2D eigenvalue weighted by Crippen LogP contribution is 2.26. The van der Waals surface area contributed by atoms with E-state index >= 15 is 0 Å². The molecule has 1 fully saturated rings. The zero-order chi connectivity index (χ0) is 10.8. The molecular weight excluding hydrogens is 186 g/mol. The molecule has 3 nitrogen and oxygen atoms in total. The molecule has 0 aromatic heterocycles. The van der Waals surface area contributed by atoms with Gasteiger partial charge in [-0.3, -0.25) is 0 Å². The van der Waals surface area contributed by atoms with Crippen molar-refractivity contribution >= 4 is 5.69 Å². The number of aryl methyl sites for hydroxylation is 1. The third-order valence-electron chi connectivity index (χ3n) is 2.92. The molecule has 1 aliphatic rings. The normalized spacial score (nSPS) is 24.1. The minimum atomic E-state index is 0.331. The van der Waals surface area contributed by atoms with Gasteiger partial charge < -0.3 is 11.1 Å². The smallest absolute Gasteiger partial charge is 0.101 e. The number of nitrogens with one attached hydrogen (secondary N) is 1. The number of hydrogen-bond acceptors (Lipinski definition) is 3. The monoisotopic (exact) mass is 201 g/mol. The number of anilines is 1. The lowest BCUT2D eigenvalue weighted by Crippen LogP contribution is -2.44. The number of nitriles is 1. The van der Waals surface area contributed by atoms with E-state index in [0.717, 1.165) is 29.7 Å². The molecule has 78 valence electrons. The van der Waals surface area contributed by atoms with E-state index in [1.54, 1.807) is 0 Å². The largest absolute Gasteiger partial charge is 0.381 e. The van der Waals surface area contributed by atoms with Crippen LogP contribution < -0.4 is 11.1 Å². The standard InChI is InChI=1S/C12H15N3/c1-8-3-2-4-9(7-13)12(8)15-11-5-10(14)6-11/h2-4,10-11,15H,5-6,14H2,1H3. The predicted molar refractivity (Wildman–Crippen MR) is 60.5 cm³/mol. The molecule has 1 aromatic carbocycles. The lowest BCUT2D eigenvalue weighted by molar-refractivity contribution is 0.373. The van der Waals surface area contributed by atoms with Crippen molar-refractivity contribution in [3.63, 3.8) is 0 Å². The molecule has 3 heteroatoms. The summed E-state index contributed by atoms with van der Waals surface area (Å²) in [5.41, 5.74) is 8.53. The van der Waals surface area contributed by atoms with Crippen molar-refractivity contribution in [3.8, 4) is 6.07 Å². The number of nitrogens with two attached hydrogens (primary N) is 1. The average Bonchev–Trinajstić information content (AvgIpc) is 2.18. The predicted octanol–water partition coefficient (Wildman–Crippen LogP) is 1.77. The van der Waals surface area contributed by atoms with Crippen LogP contribution in [0.1, 0.15) is 24.0 Å². The Balaban J connectivity index is 2.17. The van der Waals surface area contributed by atoms with Gasteiger partial charge in [-0.1, -0.05) is 12.1 Å². The minimum Gasteiger partial charge on any atom is -0.381 e. The van der Waals surface area contributed by atoms with E-state index in [9.17, 15) is 0 Å². The Morgan fingerprint density at radius 2 is 2.20 bits per heavy atom. The summed E-state index contributed by atoms with van der Waals surface area (Å²) in [6, 6.07) is 8.74. The van der Waals surface area contributed by atoms with Gasteiger partial charge in [0.05, 0.1) is 11.3 Å². The second kappa shape index (κ2) is 3.92. The summed E-state index contributed by atoms with van der Waals surface area (Å²) in [6.45, 7) is 2.02. The zero-order valence-electron chi connectivity index (χ0n) is 8.83. The number of benzene rings is 1. The van der Waals surface area contributed by atoms with Gasteiger partial charge in [0.2, 0.25) is 0 Å². The Kier molecular flexibility index (Phi) is 2.61.